The Kier molecular flexibility index (Phi) is 7.56. The predicted octanol–water partition coefficient (Wildman–Crippen LogP) is 6.18. The van der Waals surface area contributed by atoms with Gasteiger partial charge >= 0.3 is 5.97 Å². The average molecular weight is 431 g/mol. The lowest BCUT2D eigenvalue weighted by Gasteiger charge is -2.28. The number of carbonyl (C=O) groups excluding carboxylic acids is 1. The summed E-state index contributed by atoms with van der Waals surface area (Å²) in [7, 11) is 0. The Hall–Kier alpha value is -3.01. The second-order valence-corrected chi connectivity index (χ2v) is 7.89. The minimum Gasteiger partial charge on any atom is -0.493 e. The average Bonchev–Trinajstić information content (AvgIpc) is 2.73. The molecular weight excluding hydrogens is 407 g/mol. The van der Waals surface area contributed by atoms with Crippen molar-refractivity contribution in [3.8, 4) is 17.6 Å². The van der Waals surface area contributed by atoms with Crippen LogP contribution in [0, 0.1) is 40.6 Å². The van der Waals surface area contributed by atoms with Crippen molar-refractivity contribution in [2.75, 3.05) is 6.61 Å². The highest BCUT2D eigenvalue weighted by atomic mass is 19.1. The Morgan fingerprint density at radius 3 is 2.19 bits per heavy atom. The number of hydrogen-bond acceptors (Lipinski definition) is 4. The molecule has 0 N–H and O–H groups in total. The molecule has 0 spiro atoms. The maximum Gasteiger partial charge on any atom is 0.349 e. The van der Waals surface area contributed by atoms with Gasteiger partial charge < -0.3 is 9.47 Å². The molecule has 1 fully saturated rings. The van der Waals surface area contributed by atoms with E-state index in [9.17, 15) is 18.0 Å². The van der Waals surface area contributed by atoms with Gasteiger partial charge in [-0.1, -0.05) is 32.6 Å². The van der Waals surface area contributed by atoms with E-state index in [1.54, 1.807) is 6.07 Å². The summed E-state index contributed by atoms with van der Waals surface area (Å²) in [6.07, 6.45) is 6.76. The molecule has 3 rings (SSSR count). The smallest absolute Gasteiger partial charge is 0.349 e. The van der Waals surface area contributed by atoms with E-state index in [0.717, 1.165) is 55.9 Å². The summed E-state index contributed by atoms with van der Waals surface area (Å²) in [4.78, 5) is 12.2. The molecule has 1 saturated carbocycles. The van der Waals surface area contributed by atoms with Crippen LogP contribution in [0.4, 0.5) is 13.2 Å². The summed E-state index contributed by atoms with van der Waals surface area (Å²) >= 11 is 0. The maximum absolute atomic E-state index is 14.4. The number of hydrogen-bond donors (Lipinski definition) is 0. The molecule has 0 radical (unpaired) electrons. The van der Waals surface area contributed by atoms with E-state index in [4.69, 9.17) is 14.7 Å². The summed E-state index contributed by atoms with van der Waals surface area (Å²) in [5.41, 5.74) is -1.13. The molecule has 0 aliphatic heterocycles. The lowest BCUT2D eigenvalue weighted by atomic mass is 9.80. The quantitative estimate of drug-likeness (QED) is 0.388. The monoisotopic (exact) mass is 431 g/mol. The maximum atomic E-state index is 14.4. The van der Waals surface area contributed by atoms with Gasteiger partial charge in [0.2, 0.25) is 0 Å². The first kappa shape index (κ1) is 22.7. The summed E-state index contributed by atoms with van der Waals surface area (Å²) < 4.78 is 52.9. The van der Waals surface area contributed by atoms with Crippen LogP contribution < -0.4 is 9.47 Å². The Labute approximate surface area is 179 Å². The fraction of sp³-hybridized carbons (Fsp3) is 0.417. The van der Waals surface area contributed by atoms with Gasteiger partial charge in [0.1, 0.15) is 40.6 Å². The molecule has 0 bridgehead atoms. The van der Waals surface area contributed by atoms with Crippen LogP contribution in [0.25, 0.3) is 0 Å². The number of nitrogens with zero attached hydrogens (tertiary/aromatic N) is 1. The number of carbonyl (C=O) groups is 1. The molecule has 0 saturated heterocycles. The third-order valence-electron chi connectivity index (χ3n) is 5.64. The zero-order valence-electron chi connectivity index (χ0n) is 17.3. The van der Waals surface area contributed by atoms with E-state index in [-0.39, 0.29) is 17.1 Å². The fourth-order valence-corrected chi connectivity index (χ4v) is 3.95. The standard InChI is InChI=1S/C24H24F3NO3/c1-2-3-15-4-6-16(7-5-15)14-30-19-11-21(26)23(22(27)12-19)24(29)31-18-9-8-17(13-28)20(25)10-18/h8-12,15-16H,2-7,14H2,1H3. The number of rotatable bonds is 7. The highest BCUT2D eigenvalue weighted by Gasteiger charge is 2.24. The van der Waals surface area contributed by atoms with E-state index < -0.39 is 29.0 Å². The normalized spacial score (nSPS) is 18.3. The van der Waals surface area contributed by atoms with Gasteiger partial charge in [0.15, 0.2) is 0 Å². The predicted molar refractivity (Wildman–Crippen MR) is 108 cm³/mol. The number of ether oxygens (including phenoxy) is 2. The first-order chi connectivity index (χ1) is 14.9. The van der Waals surface area contributed by atoms with Crippen LogP contribution in [0.3, 0.4) is 0 Å². The molecule has 2 aromatic rings. The Balaban J connectivity index is 1.61. The molecule has 7 heteroatoms. The van der Waals surface area contributed by atoms with Gasteiger partial charge in [-0.05, 0) is 36.8 Å². The van der Waals surface area contributed by atoms with Gasteiger partial charge in [0.05, 0.1) is 12.2 Å². The zero-order valence-corrected chi connectivity index (χ0v) is 17.3. The van der Waals surface area contributed by atoms with Crippen molar-refractivity contribution in [2.24, 2.45) is 11.8 Å². The molecule has 164 valence electrons. The van der Waals surface area contributed by atoms with E-state index in [2.05, 4.69) is 6.92 Å². The van der Waals surface area contributed by atoms with Crippen molar-refractivity contribution >= 4 is 5.97 Å². The van der Waals surface area contributed by atoms with Crippen LogP contribution in [0.2, 0.25) is 0 Å². The summed E-state index contributed by atoms with van der Waals surface area (Å²) in [6, 6.07) is 6.60. The lowest BCUT2D eigenvalue weighted by Crippen LogP contribution is -2.20. The summed E-state index contributed by atoms with van der Waals surface area (Å²) in [5, 5.41) is 8.72. The topological polar surface area (TPSA) is 59.3 Å². The molecule has 1 aliphatic carbocycles. The second kappa shape index (κ2) is 10.3. The Morgan fingerprint density at radius 2 is 1.61 bits per heavy atom. The number of nitriles is 1. The summed E-state index contributed by atoms with van der Waals surface area (Å²) in [5.74, 6) is -3.62. The number of halogens is 3. The van der Waals surface area contributed by atoms with Crippen molar-refractivity contribution in [1.82, 2.24) is 0 Å². The summed E-state index contributed by atoms with van der Waals surface area (Å²) in [6.45, 7) is 2.55. The molecule has 0 amide bonds. The molecule has 0 aromatic heterocycles. The van der Waals surface area contributed by atoms with Crippen LogP contribution in [0.5, 0.6) is 11.5 Å². The highest BCUT2D eigenvalue weighted by molar-refractivity contribution is 5.91. The van der Waals surface area contributed by atoms with E-state index >= 15 is 0 Å². The van der Waals surface area contributed by atoms with Crippen LogP contribution in [-0.2, 0) is 0 Å². The minimum absolute atomic E-state index is 0.00616. The largest absolute Gasteiger partial charge is 0.493 e. The van der Waals surface area contributed by atoms with Gasteiger partial charge in [-0.15, -0.1) is 0 Å². The Bertz CT molecular complexity index is 956. The first-order valence-corrected chi connectivity index (χ1v) is 10.4. The molecule has 0 atom stereocenters. The number of benzene rings is 2. The molecule has 1 aliphatic rings. The van der Waals surface area contributed by atoms with Gasteiger partial charge in [0.25, 0.3) is 0 Å². The van der Waals surface area contributed by atoms with Crippen LogP contribution in [-0.4, -0.2) is 12.6 Å². The third kappa shape index (κ3) is 5.78. The molecule has 0 heterocycles. The highest BCUT2D eigenvalue weighted by Crippen LogP contribution is 2.32. The Morgan fingerprint density at radius 1 is 1.00 bits per heavy atom. The second-order valence-electron chi connectivity index (χ2n) is 7.89. The van der Waals surface area contributed by atoms with Crippen molar-refractivity contribution < 1.29 is 27.4 Å². The van der Waals surface area contributed by atoms with Crippen molar-refractivity contribution in [3.05, 3.63) is 58.9 Å². The van der Waals surface area contributed by atoms with Crippen LogP contribution in [0.1, 0.15) is 61.4 Å². The van der Waals surface area contributed by atoms with Crippen molar-refractivity contribution in [1.29, 1.82) is 5.26 Å². The molecule has 0 unspecified atom stereocenters. The zero-order chi connectivity index (χ0) is 22.4. The van der Waals surface area contributed by atoms with E-state index in [1.165, 1.54) is 18.9 Å². The minimum atomic E-state index is -1.31. The molecular formula is C24H24F3NO3. The molecule has 4 nitrogen and oxygen atoms in total. The SMILES string of the molecule is CCCC1CCC(COc2cc(F)c(C(=O)Oc3ccc(C#N)c(F)c3)c(F)c2)CC1. The van der Waals surface area contributed by atoms with E-state index in [1.807, 2.05) is 0 Å². The van der Waals surface area contributed by atoms with E-state index in [0.29, 0.717) is 12.5 Å². The van der Waals surface area contributed by atoms with Gasteiger partial charge in [0, 0.05) is 18.2 Å². The lowest BCUT2D eigenvalue weighted by molar-refractivity contribution is 0.0724. The fourth-order valence-electron chi connectivity index (χ4n) is 3.95. The van der Waals surface area contributed by atoms with Crippen molar-refractivity contribution in [3.63, 3.8) is 0 Å². The van der Waals surface area contributed by atoms with Gasteiger partial charge in [-0.25, -0.2) is 18.0 Å². The molecule has 2 aromatic carbocycles. The first-order valence-electron chi connectivity index (χ1n) is 10.4. The van der Waals surface area contributed by atoms with Gasteiger partial charge in [-0.3, -0.25) is 0 Å². The van der Waals surface area contributed by atoms with Crippen LogP contribution in [0.15, 0.2) is 30.3 Å². The van der Waals surface area contributed by atoms with Gasteiger partial charge in [-0.2, -0.15) is 5.26 Å². The third-order valence-corrected chi connectivity index (χ3v) is 5.64. The number of esters is 1. The molecule has 31 heavy (non-hydrogen) atoms. The van der Waals surface area contributed by atoms with Crippen molar-refractivity contribution in [2.45, 2.75) is 45.4 Å². The van der Waals surface area contributed by atoms with Crippen LogP contribution >= 0.6 is 0 Å².